The Balaban J connectivity index is 1.24. The number of amides is 1. The molecule has 1 fully saturated rings. The SMILES string of the molecule is Cc1c(CCN2CCN(c3ccc4cc(C#N)sc4c3)C(=O)C2)ccc2c1COC2=O. The predicted molar refractivity (Wildman–Crippen MR) is 119 cm³/mol. The predicted octanol–water partition coefficient (Wildman–Crippen LogP) is 3.64. The number of carbonyl (C=O) groups is 2. The molecule has 7 heteroatoms. The molecular formula is C24H21N3O3S. The lowest BCUT2D eigenvalue weighted by molar-refractivity contribution is -0.121. The quantitative estimate of drug-likeness (QED) is 0.590. The topological polar surface area (TPSA) is 73.6 Å². The number of anilines is 1. The van der Waals surface area contributed by atoms with Gasteiger partial charge in [0.05, 0.1) is 12.1 Å². The van der Waals surface area contributed by atoms with Crippen molar-refractivity contribution >= 4 is 39.0 Å². The fourth-order valence-corrected chi connectivity index (χ4v) is 5.27. The first-order valence-corrected chi connectivity index (χ1v) is 11.1. The van der Waals surface area contributed by atoms with Crippen molar-refractivity contribution in [3.63, 3.8) is 0 Å². The molecule has 1 saturated heterocycles. The van der Waals surface area contributed by atoms with Crippen LogP contribution in [-0.2, 0) is 22.6 Å². The van der Waals surface area contributed by atoms with E-state index in [-0.39, 0.29) is 11.9 Å². The number of thiophene rings is 1. The molecule has 3 aromatic rings. The first-order valence-electron chi connectivity index (χ1n) is 10.3. The lowest BCUT2D eigenvalue weighted by Gasteiger charge is -2.34. The van der Waals surface area contributed by atoms with Gasteiger partial charge in [-0.05, 0) is 54.1 Å². The average Bonchev–Trinajstić information content (AvgIpc) is 3.36. The zero-order valence-electron chi connectivity index (χ0n) is 17.2. The van der Waals surface area contributed by atoms with Gasteiger partial charge < -0.3 is 9.64 Å². The summed E-state index contributed by atoms with van der Waals surface area (Å²) in [5.74, 6) is -0.150. The van der Waals surface area contributed by atoms with Gasteiger partial charge in [-0.1, -0.05) is 12.1 Å². The largest absolute Gasteiger partial charge is 0.457 e. The highest BCUT2D eigenvalue weighted by molar-refractivity contribution is 7.19. The summed E-state index contributed by atoms with van der Waals surface area (Å²) in [4.78, 5) is 29.3. The van der Waals surface area contributed by atoms with Gasteiger partial charge in [-0.25, -0.2) is 4.79 Å². The molecule has 1 aromatic heterocycles. The number of nitrogens with zero attached hydrogens (tertiary/aromatic N) is 3. The van der Waals surface area contributed by atoms with Gasteiger partial charge in [-0.3, -0.25) is 9.69 Å². The van der Waals surface area contributed by atoms with Gasteiger partial charge >= 0.3 is 5.97 Å². The number of ether oxygens (including phenoxy) is 1. The number of benzene rings is 2. The number of piperazine rings is 1. The van der Waals surface area contributed by atoms with Crippen LogP contribution in [0.25, 0.3) is 10.1 Å². The molecule has 6 nitrogen and oxygen atoms in total. The molecule has 0 aliphatic carbocycles. The Morgan fingerprint density at radius 3 is 2.84 bits per heavy atom. The van der Waals surface area contributed by atoms with Gasteiger partial charge in [-0.15, -0.1) is 11.3 Å². The fourth-order valence-electron chi connectivity index (χ4n) is 4.38. The summed E-state index contributed by atoms with van der Waals surface area (Å²) in [6.07, 6.45) is 0.832. The molecule has 2 aliphatic rings. The maximum atomic E-state index is 12.9. The molecule has 1 amide bonds. The zero-order chi connectivity index (χ0) is 21.5. The lowest BCUT2D eigenvalue weighted by Crippen LogP contribution is -2.50. The van der Waals surface area contributed by atoms with E-state index >= 15 is 0 Å². The maximum Gasteiger partial charge on any atom is 0.338 e. The number of rotatable bonds is 4. The monoisotopic (exact) mass is 431 g/mol. The van der Waals surface area contributed by atoms with Gasteiger partial charge in [-0.2, -0.15) is 5.26 Å². The number of hydrogen-bond acceptors (Lipinski definition) is 6. The first-order chi connectivity index (χ1) is 15.0. The molecule has 0 spiro atoms. The number of nitriles is 1. The molecule has 156 valence electrons. The highest BCUT2D eigenvalue weighted by Gasteiger charge is 2.27. The third-order valence-electron chi connectivity index (χ3n) is 6.20. The molecule has 3 heterocycles. The van der Waals surface area contributed by atoms with Crippen LogP contribution in [0.15, 0.2) is 36.4 Å². The molecule has 0 unspecified atom stereocenters. The number of fused-ring (bicyclic) bond motifs is 2. The standard InChI is InChI=1S/C24H21N3O3S/c1-15-16(3-5-20-21(15)14-30-24(20)29)6-7-26-8-9-27(23(28)13-26)18-4-2-17-10-19(12-25)31-22(17)11-18/h2-5,10-11H,6-9,13-14H2,1H3. The van der Waals surface area contributed by atoms with Crippen LogP contribution in [0.5, 0.6) is 0 Å². The number of esters is 1. The molecular weight excluding hydrogens is 410 g/mol. The van der Waals surface area contributed by atoms with Crippen LogP contribution in [0.4, 0.5) is 5.69 Å². The minimum atomic E-state index is -0.240. The Morgan fingerprint density at radius 2 is 2.03 bits per heavy atom. The molecule has 0 radical (unpaired) electrons. The van der Waals surface area contributed by atoms with E-state index in [0.717, 1.165) is 46.4 Å². The summed E-state index contributed by atoms with van der Waals surface area (Å²) in [6.45, 7) is 5.03. The summed E-state index contributed by atoms with van der Waals surface area (Å²) < 4.78 is 6.17. The van der Waals surface area contributed by atoms with Gasteiger partial charge in [0.2, 0.25) is 5.91 Å². The van der Waals surface area contributed by atoms with Gasteiger partial charge in [0.15, 0.2) is 0 Å². The van der Waals surface area contributed by atoms with Crippen molar-refractivity contribution < 1.29 is 14.3 Å². The van der Waals surface area contributed by atoms with E-state index in [9.17, 15) is 9.59 Å². The lowest BCUT2D eigenvalue weighted by atomic mass is 9.96. The van der Waals surface area contributed by atoms with E-state index in [1.807, 2.05) is 48.2 Å². The Labute approximate surface area is 184 Å². The smallest absolute Gasteiger partial charge is 0.338 e. The molecule has 2 aliphatic heterocycles. The summed E-state index contributed by atoms with van der Waals surface area (Å²) >= 11 is 1.45. The molecule has 5 rings (SSSR count). The minimum Gasteiger partial charge on any atom is -0.457 e. The second-order valence-electron chi connectivity index (χ2n) is 7.97. The maximum absolute atomic E-state index is 12.9. The summed E-state index contributed by atoms with van der Waals surface area (Å²) in [7, 11) is 0. The van der Waals surface area contributed by atoms with Crippen LogP contribution in [0.1, 0.15) is 31.9 Å². The Kier molecular flexibility index (Phi) is 4.97. The van der Waals surface area contributed by atoms with Crippen molar-refractivity contribution in [1.29, 1.82) is 5.26 Å². The van der Waals surface area contributed by atoms with E-state index < -0.39 is 0 Å². The van der Waals surface area contributed by atoms with E-state index in [1.54, 1.807) is 0 Å². The van der Waals surface area contributed by atoms with Gasteiger partial charge in [0.25, 0.3) is 0 Å². The van der Waals surface area contributed by atoms with Gasteiger partial charge in [0.1, 0.15) is 17.6 Å². The van der Waals surface area contributed by atoms with Crippen LogP contribution < -0.4 is 4.90 Å². The molecule has 0 saturated carbocycles. The zero-order valence-corrected chi connectivity index (χ0v) is 18.0. The average molecular weight is 432 g/mol. The first kappa shape index (κ1) is 19.7. The Bertz CT molecular complexity index is 1260. The number of cyclic esters (lactones) is 1. The van der Waals surface area contributed by atoms with Crippen molar-refractivity contribution in [2.24, 2.45) is 0 Å². The molecule has 0 bridgehead atoms. The third-order valence-corrected chi connectivity index (χ3v) is 7.20. The highest BCUT2D eigenvalue weighted by Crippen LogP contribution is 2.30. The van der Waals surface area contributed by atoms with Crippen molar-refractivity contribution in [1.82, 2.24) is 4.90 Å². The van der Waals surface area contributed by atoms with Crippen LogP contribution in [0.2, 0.25) is 0 Å². The van der Waals surface area contributed by atoms with Gasteiger partial charge in [0, 0.05) is 35.6 Å². The van der Waals surface area contributed by atoms with Crippen LogP contribution >= 0.6 is 11.3 Å². The third kappa shape index (κ3) is 3.58. The second kappa shape index (κ2) is 7.80. The fraction of sp³-hybridized carbons (Fsp3) is 0.292. The molecule has 0 N–H and O–H groups in total. The molecule has 31 heavy (non-hydrogen) atoms. The highest BCUT2D eigenvalue weighted by atomic mass is 32.1. The molecule has 2 aromatic carbocycles. The summed E-state index contributed by atoms with van der Waals surface area (Å²) in [6, 6.07) is 13.9. The van der Waals surface area contributed by atoms with Crippen molar-refractivity contribution in [3.05, 3.63) is 63.5 Å². The van der Waals surface area contributed by atoms with E-state index in [1.165, 1.54) is 16.9 Å². The van der Waals surface area contributed by atoms with Crippen LogP contribution in [0, 0.1) is 18.3 Å². The Hall–Kier alpha value is -3.21. The second-order valence-corrected chi connectivity index (χ2v) is 9.05. The Morgan fingerprint density at radius 1 is 1.16 bits per heavy atom. The minimum absolute atomic E-state index is 0.0901. The molecule has 0 atom stereocenters. The van der Waals surface area contributed by atoms with Crippen molar-refractivity contribution in [3.8, 4) is 6.07 Å². The number of carbonyl (C=O) groups excluding carboxylic acids is 2. The van der Waals surface area contributed by atoms with Crippen molar-refractivity contribution in [2.75, 3.05) is 31.1 Å². The van der Waals surface area contributed by atoms with E-state index in [0.29, 0.717) is 30.1 Å². The normalized spacial score (nSPS) is 16.5. The van der Waals surface area contributed by atoms with Crippen molar-refractivity contribution in [2.45, 2.75) is 20.0 Å². The van der Waals surface area contributed by atoms with E-state index in [4.69, 9.17) is 10.00 Å². The van der Waals surface area contributed by atoms with Crippen LogP contribution in [-0.4, -0.2) is 43.0 Å². The number of hydrogen-bond donors (Lipinski definition) is 0. The summed E-state index contributed by atoms with van der Waals surface area (Å²) in [5.41, 5.74) is 4.88. The summed E-state index contributed by atoms with van der Waals surface area (Å²) in [5, 5.41) is 10.1. The van der Waals surface area contributed by atoms with Crippen LogP contribution in [0.3, 0.4) is 0 Å². The van der Waals surface area contributed by atoms with E-state index in [2.05, 4.69) is 11.0 Å².